The smallest absolute Gasteiger partial charge is 0.261 e. The van der Waals surface area contributed by atoms with Crippen molar-refractivity contribution in [2.45, 2.75) is 6.54 Å². The van der Waals surface area contributed by atoms with Crippen molar-refractivity contribution in [1.82, 2.24) is 9.88 Å². The molecule has 4 N–H and O–H groups in total. The number of pyridine rings is 1. The predicted octanol–water partition coefficient (Wildman–Crippen LogP) is 3.83. The molecule has 4 rings (SSSR count). The largest absolute Gasteiger partial charge is 0.366 e. The molecule has 0 atom stereocenters. The molecular formula is C25H19ClN4O4S. The van der Waals surface area contributed by atoms with Crippen molar-refractivity contribution >= 4 is 46.3 Å². The molecule has 0 saturated heterocycles. The molecule has 2 aromatic heterocycles. The van der Waals surface area contributed by atoms with Crippen LogP contribution in [-0.2, 0) is 6.54 Å². The molecule has 0 fully saturated rings. The topological polar surface area (TPSA) is 123 Å². The maximum atomic E-state index is 13.0. The van der Waals surface area contributed by atoms with Crippen LogP contribution in [0.4, 0.5) is 5.69 Å². The highest BCUT2D eigenvalue weighted by atomic mass is 35.5. The number of benzene rings is 2. The third-order valence-corrected chi connectivity index (χ3v) is 6.35. The van der Waals surface area contributed by atoms with Crippen LogP contribution in [0.1, 0.15) is 36.0 Å². The lowest BCUT2D eigenvalue weighted by atomic mass is 10.1. The number of nitrogens with one attached hydrogen (secondary N) is 2. The van der Waals surface area contributed by atoms with E-state index in [4.69, 9.17) is 17.3 Å². The summed E-state index contributed by atoms with van der Waals surface area (Å²) in [4.78, 5) is 49.9. The van der Waals surface area contributed by atoms with Gasteiger partial charge in [0.05, 0.1) is 20.5 Å². The maximum Gasteiger partial charge on any atom is 0.261 e. The number of thiophene rings is 1. The number of aromatic nitrogens is 1. The zero-order valence-electron chi connectivity index (χ0n) is 18.2. The number of hydrogen-bond acceptors (Lipinski definition) is 5. The molecule has 0 aliphatic carbocycles. The average Bonchev–Trinajstić information content (AvgIpc) is 3.29. The minimum Gasteiger partial charge on any atom is -0.366 e. The Hall–Kier alpha value is -4.21. The van der Waals surface area contributed by atoms with E-state index in [9.17, 15) is 19.2 Å². The average molecular weight is 507 g/mol. The molecule has 176 valence electrons. The van der Waals surface area contributed by atoms with Gasteiger partial charge in [-0.15, -0.1) is 11.3 Å². The normalized spacial score (nSPS) is 10.5. The molecule has 10 heteroatoms. The molecule has 4 aromatic rings. The molecule has 8 nitrogen and oxygen atoms in total. The summed E-state index contributed by atoms with van der Waals surface area (Å²) in [6.45, 7) is 0.0426. The van der Waals surface area contributed by atoms with Gasteiger partial charge in [-0.25, -0.2) is 0 Å². The van der Waals surface area contributed by atoms with Crippen molar-refractivity contribution in [1.29, 1.82) is 0 Å². The highest BCUT2D eigenvalue weighted by molar-refractivity contribution is 7.18. The van der Waals surface area contributed by atoms with Crippen LogP contribution in [0.25, 0.3) is 5.69 Å². The Balaban J connectivity index is 1.56. The first kappa shape index (κ1) is 23.9. The van der Waals surface area contributed by atoms with Gasteiger partial charge in [-0.05, 0) is 54.1 Å². The summed E-state index contributed by atoms with van der Waals surface area (Å²) in [5.74, 6) is -1.55. The summed E-state index contributed by atoms with van der Waals surface area (Å²) in [5.41, 5.74) is 7.04. The van der Waals surface area contributed by atoms with Gasteiger partial charge in [0.25, 0.3) is 23.3 Å². The van der Waals surface area contributed by atoms with Crippen LogP contribution in [0.15, 0.2) is 83.8 Å². The maximum absolute atomic E-state index is 13.0. The molecule has 35 heavy (non-hydrogen) atoms. The third kappa shape index (κ3) is 5.48. The summed E-state index contributed by atoms with van der Waals surface area (Å²) in [6, 6.07) is 19.3. The molecule has 0 radical (unpaired) electrons. The minimum atomic E-state index is -0.725. The van der Waals surface area contributed by atoms with E-state index in [1.807, 2.05) is 0 Å². The summed E-state index contributed by atoms with van der Waals surface area (Å²) in [5, 5.41) is 5.49. The zero-order chi connectivity index (χ0) is 24.9. The quantitative estimate of drug-likeness (QED) is 0.352. The molecule has 0 spiro atoms. The molecule has 0 aliphatic heterocycles. The van der Waals surface area contributed by atoms with Crippen LogP contribution in [0.2, 0.25) is 4.34 Å². The number of halogens is 1. The Morgan fingerprint density at radius 2 is 1.69 bits per heavy atom. The zero-order valence-corrected chi connectivity index (χ0v) is 19.7. The van der Waals surface area contributed by atoms with Crippen molar-refractivity contribution in [3.05, 3.63) is 115 Å². The molecule has 0 unspecified atom stereocenters. The third-order valence-electron chi connectivity index (χ3n) is 5.12. The summed E-state index contributed by atoms with van der Waals surface area (Å²) < 4.78 is 1.94. The molecule has 3 amide bonds. The van der Waals surface area contributed by atoms with E-state index in [2.05, 4.69) is 10.6 Å². The number of rotatable bonds is 7. The van der Waals surface area contributed by atoms with Crippen LogP contribution in [0.5, 0.6) is 0 Å². The Morgan fingerprint density at radius 3 is 2.34 bits per heavy atom. The SMILES string of the molecule is NC(=O)c1cccc(CNC(=O)c2ccc(Cl)s2)c1NC(=O)c1ccc(-n2ccccc2=O)cc1. The van der Waals surface area contributed by atoms with Crippen molar-refractivity contribution in [3.63, 3.8) is 0 Å². The van der Waals surface area contributed by atoms with Crippen LogP contribution >= 0.6 is 22.9 Å². The van der Waals surface area contributed by atoms with Crippen LogP contribution < -0.4 is 21.9 Å². The van der Waals surface area contributed by atoms with Gasteiger partial charge in [0.15, 0.2) is 0 Å². The van der Waals surface area contributed by atoms with Gasteiger partial charge >= 0.3 is 0 Å². The number of nitrogens with two attached hydrogens (primary N) is 1. The van der Waals surface area contributed by atoms with E-state index in [-0.39, 0.29) is 29.3 Å². The van der Waals surface area contributed by atoms with Gasteiger partial charge in [-0.3, -0.25) is 23.7 Å². The predicted molar refractivity (Wildman–Crippen MR) is 135 cm³/mol. The Labute approximate surface area is 209 Å². The molecular weight excluding hydrogens is 488 g/mol. The molecule has 0 bridgehead atoms. The first-order valence-electron chi connectivity index (χ1n) is 10.4. The number of carbonyl (C=O) groups is 3. The number of amides is 3. The number of para-hydroxylation sites is 1. The van der Waals surface area contributed by atoms with Gasteiger partial charge in [0.2, 0.25) is 0 Å². The van der Waals surface area contributed by atoms with Crippen LogP contribution in [0, 0.1) is 0 Å². The van der Waals surface area contributed by atoms with Crippen molar-refractivity contribution < 1.29 is 14.4 Å². The number of anilines is 1. The van der Waals surface area contributed by atoms with Crippen molar-refractivity contribution in [2.24, 2.45) is 5.73 Å². The first-order valence-corrected chi connectivity index (χ1v) is 11.6. The van der Waals surface area contributed by atoms with Gasteiger partial charge in [-0.2, -0.15) is 0 Å². The summed E-state index contributed by atoms with van der Waals surface area (Å²) >= 11 is 7.03. The van der Waals surface area contributed by atoms with Gasteiger partial charge in [-0.1, -0.05) is 29.8 Å². The van der Waals surface area contributed by atoms with E-state index < -0.39 is 11.8 Å². The molecule has 0 saturated carbocycles. The number of nitrogens with zero attached hydrogens (tertiary/aromatic N) is 1. The fraction of sp³-hybridized carbons (Fsp3) is 0.0400. The van der Waals surface area contributed by atoms with Gasteiger partial charge < -0.3 is 16.4 Å². The Morgan fingerprint density at radius 1 is 0.914 bits per heavy atom. The van der Waals surface area contributed by atoms with E-state index >= 15 is 0 Å². The fourth-order valence-electron chi connectivity index (χ4n) is 3.40. The van der Waals surface area contributed by atoms with E-state index in [0.717, 1.165) is 11.3 Å². The van der Waals surface area contributed by atoms with E-state index in [1.54, 1.807) is 66.9 Å². The van der Waals surface area contributed by atoms with Gasteiger partial charge in [0, 0.05) is 30.1 Å². The summed E-state index contributed by atoms with van der Waals surface area (Å²) in [7, 11) is 0. The second-order valence-electron chi connectivity index (χ2n) is 7.40. The highest BCUT2D eigenvalue weighted by Gasteiger charge is 2.17. The second kappa shape index (κ2) is 10.4. The standard InChI is InChI=1S/C25H19ClN4O4S/c26-20-12-11-19(35-20)25(34)28-14-16-4-3-5-18(23(27)32)22(16)29-24(33)15-7-9-17(10-8-15)30-13-2-1-6-21(30)31/h1-13H,14H2,(H2,27,32)(H,28,34)(H,29,33). The highest BCUT2D eigenvalue weighted by Crippen LogP contribution is 2.24. The number of hydrogen-bond donors (Lipinski definition) is 3. The van der Waals surface area contributed by atoms with E-state index in [1.165, 1.54) is 16.7 Å². The fourth-order valence-corrected chi connectivity index (χ4v) is 4.36. The number of primary amides is 1. The van der Waals surface area contributed by atoms with Crippen LogP contribution in [-0.4, -0.2) is 22.3 Å². The Bertz CT molecular complexity index is 1480. The van der Waals surface area contributed by atoms with Crippen molar-refractivity contribution in [3.8, 4) is 5.69 Å². The number of carbonyl (C=O) groups excluding carboxylic acids is 3. The Kier molecular flexibility index (Phi) is 7.09. The molecule has 2 heterocycles. The van der Waals surface area contributed by atoms with E-state index in [0.29, 0.717) is 26.0 Å². The second-order valence-corrected chi connectivity index (χ2v) is 9.12. The lowest BCUT2D eigenvalue weighted by Gasteiger charge is -2.15. The first-order chi connectivity index (χ1) is 16.8. The van der Waals surface area contributed by atoms with Crippen molar-refractivity contribution in [2.75, 3.05) is 5.32 Å². The molecule has 2 aromatic carbocycles. The van der Waals surface area contributed by atoms with Gasteiger partial charge in [0.1, 0.15) is 0 Å². The van der Waals surface area contributed by atoms with Crippen LogP contribution in [0.3, 0.4) is 0 Å². The summed E-state index contributed by atoms with van der Waals surface area (Å²) in [6.07, 6.45) is 1.63. The lowest BCUT2D eigenvalue weighted by molar-refractivity contribution is 0.0953. The lowest BCUT2D eigenvalue weighted by Crippen LogP contribution is -2.25. The minimum absolute atomic E-state index is 0.0426. The monoisotopic (exact) mass is 506 g/mol. The molecule has 0 aliphatic rings.